The van der Waals surface area contributed by atoms with E-state index in [4.69, 9.17) is 14.6 Å². The summed E-state index contributed by atoms with van der Waals surface area (Å²) >= 11 is 0. The predicted molar refractivity (Wildman–Crippen MR) is 176 cm³/mol. The minimum atomic E-state index is -0.798. The fraction of sp³-hybridized carbons (Fsp3) is 0.459. The highest BCUT2D eigenvalue weighted by Crippen LogP contribution is 2.38. The number of nitrogens with one attached hydrogen (secondary N) is 1. The highest BCUT2D eigenvalue weighted by Gasteiger charge is 2.33. The van der Waals surface area contributed by atoms with Crippen molar-refractivity contribution in [2.75, 3.05) is 32.7 Å². The molecule has 0 bridgehead atoms. The van der Waals surface area contributed by atoms with E-state index in [-0.39, 0.29) is 31.1 Å². The quantitative estimate of drug-likeness (QED) is 0.197. The van der Waals surface area contributed by atoms with Gasteiger partial charge in [-0.1, -0.05) is 85.3 Å². The van der Waals surface area contributed by atoms with Crippen LogP contribution in [0.15, 0.2) is 78.9 Å². The summed E-state index contributed by atoms with van der Waals surface area (Å²) in [7, 11) is 0. The van der Waals surface area contributed by atoms with Crippen LogP contribution in [-0.4, -0.2) is 70.7 Å². The minimum absolute atomic E-state index is 0.00333. The molecule has 3 atom stereocenters. The largest absolute Gasteiger partial charge is 0.481 e. The second-order valence-electron chi connectivity index (χ2n) is 12.4. The van der Waals surface area contributed by atoms with E-state index in [1.54, 1.807) is 0 Å². The molecule has 46 heavy (non-hydrogen) atoms. The second kappa shape index (κ2) is 17.4. The van der Waals surface area contributed by atoms with Crippen LogP contribution in [0.3, 0.4) is 0 Å². The molecule has 0 aliphatic carbocycles. The molecular formula is C37H47N3O6. The van der Waals surface area contributed by atoms with E-state index in [1.807, 2.05) is 48.5 Å². The number of carboxylic acid groups (broad SMARTS) is 1. The van der Waals surface area contributed by atoms with Gasteiger partial charge in [0.1, 0.15) is 0 Å². The molecule has 0 radical (unpaired) electrons. The number of ether oxygens (including phenoxy) is 2. The number of nitrogens with zero attached hydrogens (tertiary/aromatic N) is 2. The van der Waals surface area contributed by atoms with Crippen LogP contribution in [0.5, 0.6) is 0 Å². The topological polar surface area (TPSA) is 112 Å². The lowest BCUT2D eigenvalue weighted by molar-refractivity contribution is -0.253. The van der Waals surface area contributed by atoms with E-state index in [2.05, 4.69) is 45.4 Å². The van der Waals surface area contributed by atoms with Gasteiger partial charge in [0.05, 0.1) is 18.8 Å². The number of aliphatic hydroxyl groups excluding tert-OH is 1. The summed E-state index contributed by atoms with van der Waals surface area (Å²) in [6, 6.07) is 26.6. The van der Waals surface area contributed by atoms with Gasteiger partial charge in [-0.2, -0.15) is 0 Å². The zero-order chi connectivity index (χ0) is 32.1. The zero-order valence-corrected chi connectivity index (χ0v) is 26.6. The second-order valence-corrected chi connectivity index (χ2v) is 12.4. The van der Waals surface area contributed by atoms with E-state index >= 15 is 0 Å². The van der Waals surface area contributed by atoms with Crippen LogP contribution in [0.1, 0.15) is 78.7 Å². The maximum atomic E-state index is 12.3. The first kappa shape index (κ1) is 33.8. The number of carbonyl (C=O) groups excluding carboxylic acids is 1. The minimum Gasteiger partial charge on any atom is -0.481 e. The monoisotopic (exact) mass is 629 g/mol. The molecule has 2 fully saturated rings. The standard InChI is InChI=1S/C37H47N3O6/c41-27-30-13-15-31(16-14-30)34-23-33(26-40-21-19-39(20-22-40)25-29-7-3-1-4-8-29)45-37(46-34)32-17-11-28(12-18-32)24-38-35(42)9-5-2-6-10-36(43)44/h1,3-4,7-8,11-18,33-34,37,41H,2,5-6,9-10,19-27H2,(H,38,42)(H,43,44)/t33-,34+,37+/m0/s1. The van der Waals surface area contributed by atoms with E-state index in [0.29, 0.717) is 25.8 Å². The molecule has 3 N–H and O–H groups in total. The van der Waals surface area contributed by atoms with E-state index < -0.39 is 12.3 Å². The van der Waals surface area contributed by atoms with Crippen molar-refractivity contribution in [2.45, 2.75) is 76.7 Å². The predicted octanol–water partition coefficient (Wildman–Crippen LogP) is 5.19. The van der Waals surface area contributed by atoms with E-state index in [1.165, 1.54) is 5.56 Å². The molecule has 0 unspecified atom stereocenters. The highest BCUT2D eigenvalue weighted by molar-refractivity contribution is 5.75. The molecule has 2 saturated heterocycles. The van der Waals surface area contributed by atoms with Gasteiger partial charge in [-0.3, -0.25) is 19.4 Å². The third-order valence-electron chi connectivity index (χ3n) is 8.83. The molecule has 2 aliphatic rings. The Kier molecular flexibility index (Phi) is 12.7. The Morgan fingerprint density at radius 1 is 0.739 bits per heavy atom. The highest BCUT2D eigenvalue weighted by atomic mass is 16.7. The van der Waals surface area contributed by atoms with Crippen molar-refractivity contribution in [3.05, 3.63) is 107 Å². The van der Waals surface area contributed by atoms with Gasteiger partial charge in [-0.05, 0) is 35.1 Å². The summed E-state index contributed by atoms with van der Waals surface area (Å²) in [4.78, 5) is 27.9. The number of aliphatic carboxylic acids is 1. The summed E-state index contributed by atoms with van der Waals surface area (Å²) in [6.07, 6.45) is 2.64. The van der Waals surface area contributed by atoms with Gasteiger partial charge in [0.25, 0.3) is 0 Å². The van der Waals surface area contributed by atoms with Crippen LogP contribution in [0.2, 0.25) is 0 Å². The van der Waals surface area contributed by atoms with Gasteiger partial charge in [0.2, 0.25) is 5.91 Å². The molecule has 5 rings (SSSR count). The Hall–Kier alpha value is -3.60. The fourth-order valence-corrected chi connectivity index (χ4v) is 6.11. The van der Waals surface area contributed by atoms with Gasteiger partial charge in [-0.25, -0.2) is 0 Å². The molecule has 246 valence electrons. The molecular weight excluding hydrogens is 582 g/mol. The van der Waals surface area contributed by atoms with E-state index in [9.17, 15) is 14.7 Å². The average Bonchev–Trinajstić information content (AvgIpc) is 3.08. The molecule has 9 heteroatoms. The Bertz CT molecular complexity index is 1360. The van der Waals surface area contributed by atoms with Crippen molar-refractivity contribution in [1.82, 2.24) is 15.1 Å². The molecule has 0 spiro atoms. The van der Waals surface area contributed by atoms with Crippen molar-refractivity contribution in [1.29, 1.82) is 0 Å². The van der Waals surface area contributed by atoms with Crippen LogP contribution >= 0.6 is 0 Å². The number of hydrogen-bond acceptors (Lipinski definition) is 7. The maximum Gasteiger partial charge on any atom is 0.303 e. The van der Waals surface area contributed by atoms with Gasteiger partial charge >= 0.3 is 5.97 Å². The summed E-state index contributed by atoms with van der Waals surface area (Å²) in [5.74, 6) is -0.829. The Morgan fingerprint density at radius 3 is 2.09 bits per heavy atom. The van der Waals surface area contributed by atoms with Crippen LogP contribution in [0.4, 0.5) is 0 Å². The van der Waals surface area contributed by atoms with Crippen LogP contribution < -0.4 is 5.32 Å². The normalized spacial score (nSPS) is 20.8. The number of aliphatic hydroxyl groups is 1. The Labute approximate surface area is 272 Å². The molecule has 0 aromatic heterocycles. The third kappa shape index (κ3) is 10.5. The molecule has 3 aromatic rings. The van der Waals surface area contributed by atoms with Crippen molar-refractivity contribution >= 4 is 11.9 Å². The summed E-state index contributed by atoms with van der Waals surface area (Å²) in [5.41, 5.74) is 5.21. The van der Waals surface area contributed by atoms with Crippen molar-refractivity contribution in [3.63, 3.8) is 0 Å². The summed E-state index contributed by atoms with van der Waals surface area (Å²) in [5, 5.41) is 21.2. The van der Waals surface area contributed by atoms with E-state index in [0.717, 1.165) is 74.4 Å². The smallest absolute Gasteiger partial charge is 0.303 e. The van der Waals surface area contributed by atoms with Crippen LogP contribution in [-0.2, 0) is 38.8 Å². The summed E-state index contributed by atoms with van der Waals surface area (Å²) < 4.78 is 13.1. The number of unbranched alkanes of at least 4 members (excludes halogenated alkanes) is 2. The number of rotatable bonds is 15. The Balaban J connectivity index is 1.16. The first-order chi connectivity index (χ1) is 22.4. The lowest BCUT2D eigenvalue weighted by Crippen LogP contribution is -2.49. The number of carbonyl (C=O) groups is 2. The first-order valence-corrected chi connectivity index (χ1v) is 16.5. The molecule has 0 saturated carbocycles. The average molecular weight is 630 g/mol. The zero-order valence-electron chi connectivity index (χ0n) is 26.6. The number of carboxylic acids is 1. The third-order valence-corrected chi connectivity index (χ3v) is 8.83. The number of hydrogen-bond donors (Lipinski definition) is 3. The SMILES string of the molecule is O=C(O)CCCCCC(=O)NCc1ccc([C@@H]2O[C@H](CN3CCN(Cc4ccccc4)CC3)C[C@H](c3ccc(CO)cc3)O2)cc1. The lowest BCUT2D eigenvalue weighted by Gasteiger charge is -2.40. The van der Waals surface area contributed by atoms with Gasteiger partial charge in [0.15, 0.2) is 6.29 Å². The van der Waals surface area contributed by atoms with Crippen LogP contribution in [0, 0.1) is 0 Å². The van der Waals surface area contributed by atoms with Crippen LogP contribution in [0.25, 0.3) is 0 Å². The first-order valence-electron chi connectivity index (χ1n) is 16.5. The maximum absolute atomic E-state index is 12.3. The molecule has 1 amide bonds. The number of piperazine rings is 1. The van der Waals surface area contributed by atoms with Crippen molar-refractivity contribution in [3.8, 4) is 0 Å². The molecule has 3 aromatic carbocycles. The fourth-order valence-electron chi connectivity index (χ4n) is 6.11. The van der Waals surface area contributed by atoms with Gasteiger partial charge < -0.3 is 25.0 Å². The van der Waals surface area contributed by atoms with Gasteiger partial charge in [0, 0.05) is 70.6 Å². The molecule has 9 nitrogen and oxygen atoms in total. The van der Waals surface area contributed by atoms with Crippen molar-refractivity contribution in [2.24, 2.45) is 0 Å². The summed E-state index contributed by atoms with van der Waals surface area (Å²) in [6.45, 7) is 6.30. The molecule has 2 heterocycles. The number of benzene rings is 3. The number of amides is 1. The van der Waals surface area contributed by atoms with Gasteiger partial charge in [-0.15, -0.1) is 0 Å². The lowest BCUT2D eigenvalue weighted by atomic mass is 9.99. The Morgan fingerprint density at radius 2 is 1.39 bits per heavy atom. The molecule has 2 aliphatic heterocycles. The van der Waals surface area contributed by atoms with Crippen molar-refractivity contribution < 1.29 is 29.3 Å².